The molecule has 4 heteroatoms. The smallest absolute Gasteiger partial charge is 0.227 e. The molecule has 0 N–H and O–H groups in total. The van der Waals surface area contributed by atoms with Gasteiger partial charge >= 0.3 is 0 Å². The molecule has 1 fully saturated rings. The van der Waals surface area contributed by atoms with Crippen molar-refractivity contribution in [3.63, 3.8) is 0 Å². The van der Waals surface area contributed by atoms with E-state index in [0.29, 0.717) is 6.42 Å². The minimum absolute atomic E-state index is 0.0345. The highest BCUT2D eigenvalue weighted by atomic mass is 19.1. The quantitative estimate of drug-likeness (QED) is 0.801. The Labute approximate surface area is 149 Å². The van der Waals surface area contributed by atoms with Gasteiger partial charge in [0.2, 0.25) is 5.91 Å². The highest BCUT2D eigenvalue weighted by molar-refractivity contribution is 5.79. The van der Waals surface area contributed by atoms with Gasteiger partial charge in [0.05, 0.1) is 12.5 Å². The van der Waals surface area contributed by atoms with Gasteiger partial charge in [-0.1, -0.05) is 42.5 Å². The average molecular weight is 340 g/mol. The molecule has 1 saturated heterocycles. The lowest BCUT2D eigenvalue weighted by atomic mass is 10.0. The van der Waals surface area contributed by atoms with E-state index >= 15 is 0 Å². The Bertz CT molecular complexity index is 681. The summed E-state index contributed by atoms with van der Waals surface area (Å²) in [6.45, 7) is 3.06. The standard InChI is InChI=1S/C21H25FN2O/c1-23(21(25)15-17-9-11-19(22)12-10-17)20(16-24-13-5-6-14-24)18-7-3-2-4-8-18/h2-4,7-12,20H,5-6,13-16H2,1H3. The molecule has 1 heterocycles. The summed E-state index contributed by atoms with van der Waals surface area (Å²) in [5, 5.41) is 0. The van der Waals surface area contributed by atoms with Gasteiger partial charge in [-0.15, -0.1) is 0 Å². The van der Waals surface area contributed by atoms with E-state index in [2.05, 4.69) is 17.0 Å². The van der Waals surface area contributed by atoms with E-state index in [4.69, 9.17) is 0 Å². The number of likely N-dealkylation sites (N-methyl/N-ethyl adjacent to an activating group) is 1. The molecule has 132 valence electrons. The number of hydrogen-bond acceptors (Lipinski definition) is 2. The van der Waals surface area contributed by atoms with Gasteiger partial charge in [-0.05, 0) is 49.2 Å². The number of carbonyl (C=O) groups is 1. The molecule has 0 saturated carbocycles. The first-order valence-corrected chi connectivity index (χ1v) is 8.91. The van der Waals surface area contributed by atoms with Crippen molar-refractivity contribution in [1.82, 2.24) is 9.80 Å². The summed E-state index contributed by atoms with van der Waals surface area (Å²) in [6.07, 6.45) is 2.75. The van der Waals surface area contributed by atoms with Gasteiger partial charge in [-0.25, -0.2) is 4.39 Å². The Hall–Kier alpha value is -2.20. The molecule has 1 amide bonds. The number of likely N-dealkylation sites (tertiary alicyclic amines) is 1. The normalized spacial score (nSPS) is 15.9. The first-order chi connectivity index (χ1) is 12.1. The summed E-state index contributed by atoms with van der Waals surface area (Å²) in [5.41, 5.74) is 2.00. The zero-order valence-corrected chi connectivity index (χ0v) is 14.7. The first kappa shape index (κ1) is 17.6. The fourth-order valence-corrected chi connectivity index (χ4v) is 3.41. The van der Waals surface area contributed by atoms with Crippen molar-refractivity contribution in [3.05, 3.63) is 71.5 Å². The van der Waals surface area contributed by atoms with Gasteiger partial charge < -0.3 is 9.80 Å². The van der Waals surface area contributed by atoms with Crippen LogP contribution < -0.4 is 0 Å². The van der Waals surface area contributed by atoms with Gasteiger partial charge in [0.15, 0.2) is 0 Å². The van der Waals surface area contributed by atoms with E-state index < -0.39 is 0 Å². The van der Waals surface area contributed by atoms with Crippen molar-refractivity contribution in [2.45, 2.75) is 25.3 Å². The van der Waals surface area contributed by atoms with Crippen molar-refractivity contribution in [2.24, 2.45) is 0 Å². The summed E-state index contributed by atoms with van der Waals surface area (Å²) < 4.78 is 13.1. The number of halogens is 1. The average Bonchev–Trinajstić information content (AvgIpc) is 3.15. The first-order valence-electron chi connectivity index (χ1n) is 8.91. The third-order valence-electron chi connectivity index (χ3n) is 4.94. The van der Waals surface area contributed by atoms with Crippen LogP contribution in [0.4, 0.5) is 4.39 Å². The molecule has 1 atom stereocenters. The molecule has 0 radical (unpaired) electrons. The van der Waals surface area contributed by atoms with Crippen LogP contribution in [-0.2, 0) is 11.2 Å². The maximum Gasteiger partial charge on any atom is 0.227 e. The number of carbonyl (C=O) groups excluding carboxylic acids is 1. The van der Waals surface area contributed by atoms with E-state index in [9.17, 15) is 9.18 Å². The van der Waals surface area contributed by atoms with E-state index in [-0.39, 0.29) is 17.8 Å². The minimum Gasteiger partial charge on any atom is -0.337 e. The molecule has 25 heavy (non-hydrogen) atoms. The lowest BCUT2D eigenvalue weighted by molar-refractivity contribution is -0.131. The SMILES string of the molecule is CN(C(=O)Cc1ccc(F)cc1)C(CN1CCCC1)c1ccccc1. The second-order valence-electron chi connectivity index (χ2n) is 6.74. The fraction of sp³-hybridized carbons (Fsp3) is 0.381. The Balaban J connectivity index is 1.74. The van der Waals surface area contributed by atoms with Crippen LogP contribution in [0.1, 0.15) is 30.0 Å². The maximum atomic E-state index is 13.1. The monoisotopic (exact) mass is 340 g/mol. The summed E-state index contributed by atoms with van der Waals surface area (Å²) in [6, 6.07) is 16.4. The molecule has 0 aromatic heterocycles. The summed E-state index contributed by atoms with van der Waals surface area (Å²) in [5.74, 6) is -0.222. The molecular weight excluding hydrogens is 315 g/mol. The molecule has 0 aliphatic carbocycles. The number of hydrogen-bond donors (Lipinski definition) is 0. The lowest BCUT2D eigenvalue weighted by Gasteiger charge is -2.32. The number of rotatable bonds is 6. The maximum absolute atomic E-state index is 13.1. The second kappa shape index (κ2) is 8.26. The van der Waals surface area contributed by atoms with Gasteiger partial charge in [0, 0.05) is 13.6 Å². The van der Waals surface area contributed by atoms with E-state index in [1.165, 1.54) is 25.0 Å². The van der Waals surface area contributed by atoms with Crippen LogP contribution in [0.5, 0.6) is 0 Å². The van der Waals surface area contributed by atoms with Crippen molar-refractivity contribution >= 4 is 5.91 Å². The Kier molecular flexibility index (Phi) is 5.82. The van der Waals surface area contributed by atoms with Crippen LogP contribution >= 0.6 is 0 Å². The summed E-state index contributed by atoms with van der Waals surface area (Å²) >= 11 is 0. The zero-order chi connectivity index (χ0) is 17.6. The van der Waals surface area contributed by atoms with Crippen molar-refractivity contribution in [3.8, 4) is 0 Å². The van der Waals surface area contributed by atoms with Crippen molar-refractivity contribution in [2.75, 3.05) is 26.7 Å². The molecule has 0 spiro atoms. The molecule has 1 unspecified atom stereocenters. The predicted molar refractivity (Wildman–Crippen MR) is 97.7 cm³/mol. The molecule has 0 bridgehead atoms. The van der Waals surface area contributed by atoms with Crippen LogP contribution in [0.3, 0.4) is 0 Å². The molecular formula is C21H25FN2O. The molecule has 2 aromatic carbocycles. The molecule has 3 nitrogen and oxygen atoms in total. The minimum atomic E-state index is -0.277. The highest BCUT2D eigenvalue weighted by Crippen LogP contribution is 2.23. The summed E-state index contributed by atoms with van der Waals surface area (Å²) in [7, 11) is 1.87. The molecule has 3 rings (SSSR count). The Morgan fingerprint density at radius 3 is 2.36 bits per heavy atom. The van der Waals surface area contributed by atoms with Crippen molar-refractivity contribution in [1.29, 1.82) is 0 Å². The second-order valence-corrected chi connectivity index (χ2v) is 6.74. The molecule has 1 aliphatic rings. The van der Waals surface area contributed by atoms with Crippen LogP contribution in [0, 0.1) is 5.82 Å². The highest BCUT2D eigenvalue weighted by Gasteiger charge is 2.25. The van der Waals surface area contributed by atoms with Gasteiger partial charge in [0.25, 0.3) is 0 Å². The van der Waals surface area contributed by atoms with Crippen LogP contribution in [0.15, 0.2) is 54.6 Å². The Morgan fingerprint density at radius 2 is 1.72 bits per heavy atom. The largest absolute Gasteiger partial charge is 0.337 e. The van der Waals surface area contributed by atoms with Crippen LogP contribution in [-0.4, -0.2) is 42.4 Å². The van der Waals surface area contributed by atoms with Crippen LogP contribution in [0.2, 0.25) is 0 Å². The number of benzene rings is 2. The van der Waals surface area contributed by atoms with Crippen LogP contribution in [0.25, 0.3) is 0 Å². The number of amides is 1. The summed E-state index contributed by atoms with van der Waals surface area (Å²) in [4.78, 5) is 17.1. The van der Waals surface area contributed by atoms with Crippen molar-refractivity contribution < 1.29 is 9.18 Å². The molecule has 2 aromatic rings. The van der Waals surface area contributed by atoms with Gasteiger partial charge in [0.1, 0.15) is 5.82 Å². The Morgan fingerprint density at radius 1 is 1.08 bits per heavy atom. The van der Waals surface area contributed by atoms with Gasteiger partial charge in [-0.2, -0.15) is 0 Å². The van der Waals surface area contributed by atoms with E-state index in [1.54, 1.807) is 12.1 Å². The predicted octanol–water partition coefficient (Wildman–Crippen LogP) is 3.66. The zero-order valence-electron chi connectivity index (χ0n) is 14.7. The van der Waals surface area contributed by atoms with E-state index in [1.807, 2.05) is 30.1 Å². The lowest BCUT2D eigenvalue weighted by Crippen LogP contribution is -2.39. The van der Waals surface area contributed by atoms with Gasteiger partial charge in [-0.3, -0.25) is 4.79 Å². The van der Waals surface area contributed by atoms with E-state index in [0.717, 1.165) is 30.8 Å². The third kappa shape index (κ3) is 4.67. The number of nitrogens with zero attached hydrogens (tertiary/aromatic N) is 2. The fourth-order valence-electron chi connectivity index (χ4n) is 3.41. The topological polar surface area (TPSA) is 23.6 Å². The third-order valence-corrected chi connectivity index (χ3v) is 4.94. The molecule has 1 aliphatic heterocycles.